The number of fused-ring (bicyclic) bond motifs is 1. The van der Waals surface area contributed by atoms with Gasteiger partial charge < -0.3 is 34.6 Å². The molecule has 4 rings (SSSR count). The zero-order chi connectivity index (χ0) is 17.9. The van der Waals surface area contributed by atoms with Crippen LogP contribution in [0.5, 0.6) is 0 Å². The van der Waals surface area contributed by atoms with Crippen LogP contribution < -0.4 is 0 Å². The molecule has 0 radical (unpaired) electrons. The summed E-state index contributed by atoms with van der Waals surface area (Å²) in [6.45, 7) is 0.528. The van der Waals surface area contributed by atoms with E-state index >= 15 is 0 Å². The van der Waals surface area contributed by atoms with Crippen molar-refractivity contribution >= 4 is 0 Å². The summed E-state index contributed by atoms with van der Waals surface area (Å²) < 4.78 is 23.1. The Morgan fingerprint density at radius 3 is 2.26 bits per heavy atom. The number of aliphatic hydroxyl groups is 2. The van der Waals surface area contributed by atoms with Gasteiger partial charge in [-0.25, -0.2) is 0 Å². The van der Waals surface area contributed by atoms with E-state index in [2.05, 4.69) is 0 Å². The highest BCUT2D eigenvalue weighted by atomic mass is 16.8. The van der Waals surface area contributed by atoms with Crippen molar-refractivity contribution in [1.29, 1.82) is 0 Å². The Balaban J connectivity index is 0.00000210. The van der Waals surface area contributed by atoms with Gasteiger partial charge in [-0.2, -0.15) is 0 Å². The topological polar surface area (TPSA) is 109 Å². The van der Waals surface area contributed by atoms with E-state index in [0.29, 0.717) is 0 Å². The van der Waals surface area contributed by atoms with Gasteiger partial charge in [0.2, 0.25) is 0 Å². The molecular formula is C20H24O7. The number of rotatable bonds is 4. The monoisotopic (exact) mass is 376 g/mol. The lowest BCUT2D eigenvalue weighted by atomic mass is 9.98. The smallest absolute Gasteiger partial charge is 0.187 e. The van der Waals surface area contributed by atoms with E-state index < -0.39 is 37.0 Å². The van der Waals surface area contributed by atoms with Crippen LogP contribution in [0.2, 0.25) is 0 Å². The summed E-state index contributed by atoms with van der Waals surface area (Å²) in [6.07, 6.45) is -5.04. The standard InChI is InChI=1S/C20H22O6.H2O/c21-16-17(22)20(23-11-13-7-3-1-4-8-13)25-15-12-24-19(26-18(15)16)14-9-5-2-6-10-14;/h1-10,15-22H,11-12H2;1H2/t15?,16?,17?,18-,19?,20?;/m0./s1. The summed E-state index contributed by atoms with van der Waals surface area (Å²) in [4.78, 5) is 0. The molecule has 2 aliphatic rings. The van der Waals surface area contributed by atoms with Crippen LogP contribution >= 0.6 is 0 Å². The molecule has 2 heterocycles. The molecule has 7 nitrogen and oxygen atoms in total. The second-order valence-electron chi connectivity index (χ2n) is 6.50. The highest BCUT2D eigenvalue weighted by molar-refractivity contribution is 5.17. The number of ether oxygens (including phenoxy) is 4. The lowest BCUT2D eigenvalue weighted by Gasteiger charge is -2.46. The molecule has 0 spiro atoms. The van der Waals surface area contributed by atoms with Crippen molar-refractivity contribution in [3.8, 4) is 0 Å². The summed E-state index contributed by atoms with van der Waals surface area (Å²) in [5.74, 6) is 0. The third-order valence-electron chi connectivity index (χ3n) is 4.66. The van der Waals surface area contributed by atoms with Gasteiger partial charge in [-0.05, 0) is 5.56 Å². The summed E-state index contributed by atoms with van der Waals surface area (Å²) in [6, 6.07) is 19.1. The SMILES string of the molecule is O.OC1C(OCc2ccccc2)OC2COC(c3ccccc3)O[C@@H]2C1O. The molecule has 6 atom stereocenters. The molecule has 0 amide bonds. The molecule has 0 saturated carbocycles. The molecule has 27 heavy (non-hydrogen) atoms. The Kier molecular flexibility index (Phi) is 6.56. The number of aliphatic hydroxyl groups excluding tert-OH is 2. The van der Waals surface area contributed by atoms with E-state index in [1.807, 2.05) is 60.7 Å². The van der Waals surface area contributed by atoms with Crippen molar-refractivity contribution in [2.24, 2.45) is 0 Å². The van der Waals surface area contributed by atoms with Crippen LogP contribution in [0.15, 0.2) is 60.7 Å². The van der Waals surface area contributed by atoms with Crippen LogP contribution in [0.25, 0.3) is 0 Å². The second-order valence-corrected chi connectivity index (χ2v) is 6.50. The maximum atomic E-state index is 10.5. The van der Waals surface area contributed by atoms with Crippen molar-refractivity contribution in [3.63, 3.8) is 0 Å². The summed E-state index contributed by atoms with van der Waals surface area (Å²) >= 11 is 0. The molecule has 4 N–H and O–H groups in total. The minimum Gasteiger partial charge on any atom is -0.412 e. The van der Waals surface area contributed by atoms with Gasteiger partial charge in [0.25, 0.3) is 0 Å². The van der Waals surface area contributed by atoms with Crippen molar-refractivity contribution < 1.29 is 34.6 Å². The van der Waals surface area contributed by atoms with Crippen LogP contribution in [0.4, 0.5) is 0 Å². The van der Waals surface area contributed by atoms with Gasteiger partial charge >= 0.3 is 0 Å². The first kappa shape index (κ1) is 19.9. The Labute approximate surface area is 157 Å². The van der Waals surface area contributed by atoms with Crippen LogP contribution in [-0.2, 0) is 25.6 Å². The van der Waals surface area contributed by atoms with Crippen molar-refractivity contribution in [3.05, 3.63) is 71.8 Å². The molecule has 2 saturated heterocycles. The molecule has 7 heteroatoms. The molecule has 2 fully saturated rings. The molecular weight excluding hydrogens is 352 g/mol. The fourth-order valence-electron chi connectivity index (χ4n) is 3.25. The minimum absolute atomic E-state index is 0. The van der Waals surface area contributed by atoms with E-state index in [4.69, 9.17) is 18.9 Å². The summed E-state index contributed by atoms with van der Waals surface area (Å²) in [5, 5.41) is 20.9. The quantitative estimate of drug-likeness (QED) is 0.822. The summed E-state index contributed by atoms with van der Waals surface area (Å²) in [7, 11) is 0. The van der Waals surface area contributed by atoms with Crippen LogP contribution in [0, 0.1) is 0 Å². The Bertz CT molecular complexity index is 694. The minimum atomic E-state index is -1.20. The zero-order valence-electron chi connectivity index (χ0n) is 14.7. The van der Waals surface area contributed by atoms with E-state index in [1.165, 1.54) is 0 Å². The van der Waals surface area contributed by atoms with Gasteiger partial charge in [0, 0.05) is 5.56 Å². The van der Waals surface area contributed by atoms with Gasteiger partial charge in [-0.3, -0.25) is 0 Å². The Morgan fingerprint density at radius 1 is 0.889 bits per heavy atom. The Morgan fingerprint density at radius 2 is 1.56 bits per heavy atom. The van der Waals surface area contributed by atoms with Crippen molar-refractivity contribution in [1.82, 2.24) is 0 Å². The first-order valence-corrected chi connectivity index (χ1v) is 8.71. The fourth-order valence-corrected chi connectivity index (χ4v) is 3.25. The van der Waals surface area contributed by atoms with Crippen molar-refractivity contribution in [2.45, 2.75) is 43.6 Å². The second kappa shape index (κ2) is 8.90. The van der Waals surface area contributed by atoms with Crippen molar-refractivity contribution in [2.75, 3.05) is 6.61 Å². The highest BCUT2D eigenvalue weighted by Gasteiger charge is 2.49. The molecule has 0 aromatic heterocycles. The molecule has 5 unspecified atom stereocenters. The highest BCUT2D eigenvalue weighted by Crippen LogP contribution is 2.34. The maximum Gasteiger partial charge on any atom is 0.187 e. The van der Waals surface area contributed by atoms with E-state index in [0.717, 1.165) is 11.1 Å². The third-order valence-corrected chi connectivity index (χ3v) is 4.66. The van der Waals surface area contributed by atoms with Gasteiger partial charge in [0.05, 0.1) is 13.2 Å². The lowest BCUT2D eigenvalue weighted by molar-refractivity contribution is -0.362. The van der Waals surface area contributed by atoms with Crippen LogP contribution in [-0.4, -0.2) is 53.0 Å². The number of hydrogen-bond acceptors (Lipinski definition) is 6. The first-order chi connectivity index (χ1) is 12.7. The van der Waals surface area contributed by atoms with E-state index in [1.54, 1.807) is 0 Å². The predicted molar refractivity (Wildman–Crippen MR) is 95.5 cm³/mol. The largest absolute Gasteiger partial charge is 0.412 e. The maximum absolute atomic E-state index is 10.5. The fraction of sp³-hybridized carbons (Fsp3) is 0.400. The first-order valence-electron chi connectivity index (χ1n) is 8.71. The molecule has 2 aromatic carbocycles. The van der Waals surface area contributed by atoms with Gasteiger partial charge in [0.1, 0.15) is 24.4 Å². The van der Waals surface area contributed by atoms with Gasteiger partial charge in [-0.1, -0.05) is 60.7 Å². The Hall–Kier alpha value is -1.84. The average molecular weight is 376 g/mol. The van der Waals surface area contributed by atoms with E-state index in [9.17, 15) is 10.2 Å². The normalized spacial score (nSPS) is 33.0. The summed E-state index contributed by atoms with van der Waals surface area (Å²) in [5.41, 5.74) is 1.82. The number of hydrogen-bond donors (Lipinski definition) is 2. The average Bonchev–Trinajstić information content (AvgIpc) is 2.71. The predicted octanol–water partition coefficient (Wildman–Crippen LogP) is 0.939. The van der Waals surface area contributed by atoms with Crippen LogP contribution in [0.3, 0.4) is 0 Å². The van der Waals surface area contributed by atoms with Gasteiger partial charge in [-0.15, -0.1) is 0 Å². The van der Waals surface area contributed by atoms with Crippen LogP contribution in [0.1, 0.15) is 17.4 Å². The molecule has 146 valence electrons. The molecule has 2 aliphatic heterocycles. The molecule has 0 aliphatic carbocycles. The molecule has 0 bridgehead atoms. The van der Waals surface area contributed by atoms with Gasteiger partial charge in [0.15, 0.2) is 12.6 Å². The molecule has 2 aromatic rings. The zero-order valence-corrected chi connectivity index (χ0v) is 14.7. The lowest BCUT2D eigenvalue weighted by Crippen LogP contribution is -2.62. The number of benzene rings is 2. The third kappa shape index (κ3) is 4.36. The van der Waals surface area contributed by atoms with E-state index in [-0.39, 0.29) is 18.7 Å².